The molecule has 0 aromatic heterocycles. The minimum Gasteiger partial charge on any atom is -0.497 e. The molecule has 2 aromatic carbocycles. The second-order valence-electron chi connectivity index (χ2n) is 6.76. The highest BCUT2D eigenvalue weighted by molar-refractivity contribution is 5.99. The van der Waals surface area contributed by atoms with Crippen LogP contribution in [-0.4, -0.2) is 47.9 Å². The number of likely N-dealkylation sites (N-methyl/N-ethyl adjacent to an activating group) is 1. The summed E-state index contributed by atoms with van der Waals surface area (Å²) in [4.78, 5) is 37.2. The van der Waals surface area contributed by atoms with Gasteiger partial charge in [-0.1, -0.05) is 0 Å². The van der Waals surface area contributed by atoms with E-state index in [2.05, 4.69) is 5.32 Å². The smallest absolute Gasteiger partial charge is 0.270 e. The van der Waals surface area contributed by atoms with Gasteiger partial charge >= 0.3 is 0 Å². The Morgan fingerprint density at radius 3 is 2.30 bits per heavy atom. The molecule has 2 aromatic rings. The standard InChI is InChI=1S/C21H25N3O6/c1-5-23(13-20(25)22-14(2)3)21(26)18-12-15(24(27)28)6-11-19(18)30-17-9-7-16(29-4)8-10-17/h6-12,14H,5,13H2,1-4H3,(H,22,25). The Morgan fingerprint density at radius 1 is 1.13 bits per heavy atom. The molecule has 2 rings (SSSR count). The number of carbonyl (C=O) groups is 2. The first-order chi connectivity index (χ1) is 14.2. The van der Waals surface area contributed by atoms with E-state index in [1.165, 1.54) is 24.1 Å². The van der Waals surface area contributed by atoms with Gasteiger partial charge < -0.3 is 19.7 Å². The van der Waals surface area contributed by atoms with Gasteiger partial charge in [0.15, 0.2) is 0 Å². The molecule has 0 fully saturated rings. The van der Waals surface area contributed by atoms with E-state index in [-0.39, 0.29) is 42.0 Å². The van der Waals surface area contributed by atoms with Gasteiger partial charge in [-0.3, -0.25) is 19.7 Å². The Hall–Kier alpha value is -3.62. The van der Waals surface area contributed by atoms with Crippen LogP contribution in [0.3, 0.4) is 0 Å². The number of nitrogens with one attached hydrogen (secondary N) is 1. The lowest BCUT2D eigenvalue weighted by Crippen LogP contribution is -2.42. The van der Waals surface area contributed by atoms with Gasteiger partial charge in [0.05, 0.1) is 24.1 Å². The number of ether oxygens (including phenoxy) is 2. The van der Waals surface area contributed by atoms with Crippen LogP contribution < -0.4 is 14.8 Å². The van der Waals surface area contributed by atoms with Crippen LogP contribution in [0.25, 0.3) is 0 Å². The zero-order chi connectivity index (χ0) is 22.3. The van der Waals surface area contributed by atoms with Crippen LogP contribution in [0.1, 0.15) is 31.1 Å². The molecule has 1 N–H and O–H groups in total. The largest absolute Gasteiger partial charge is 0.497 e. The first kappa shape index (κ1) is 22.7. The average molecular weight is 415 g/mol. The number of hydrogen-bond donors (Lipinski definition) is 1. The summed E-state index contributed by atoms with van der Waals surface area (Å²) in [6.07, 6.45) is 0. The number of methoxy groups -OCH3 is 1. The van der Waals surface area contributed by atoms with Gasteiger partial charge in [0.25, 0.3) is 11.6 Å². The average Bonchev–Trinajstić information content (AvgIpc) is 2.71. The predicted molar refractivity (Wildman–Crippen MR) is 111 cm³/mol. The van der Waals surface area contributed by atoms with Gasteiger partial charge in [-0.25, -0.2) is 0 Å². The van der Waals surface area contributed by atoms with Crippen LogP contribution in [0.4, 0.5) is 5.69 Å². The molecular formula is C21H25N3O6. The molecule has 0 heterocycles. The van der Waals surface area contributed by atoms with Crippen LogP contribution >= 0.6 is 0 Å². The number of carbonyl (C=O) groups excluding carboxylic acids is 2. The van der Waals surface area contributed by atoms with E-state index in [9.17, 15) is 19.7 Å². The molecule has 0 spiro atoms. The summed E-state index contributed by atoms with van der Waals surface area (Å²) >= 11 is 0. The summed E-state index contributed by atoms with van der Waals surface area (Å²) in [5.74, 6) is 0.361. The highest BCUT2D eigenvalue weighted by atomic mass is 16.6. The summed E-state index contributed by atoms with van der Waals surface area (Å²) in [5.41, 5.74) is -0.248. The molecule has 0 aliphatic carbocycles. The van der Waals surface area contributed by atoms with Crippen molar-refractivity contribution in [3.63, 3.8) is 0 Å². The van der Waals surface area contributed by atoms with E-state index in [0.717, 1.165) is 6.07 Å². The van der Waals surface area contributed by atoms with E-state index in [4.69, 9.17) is 9.47 Å². The van der Waals surface area contributed by atoms with E-state index < -0.39 is 10.8 Å². The quantitative estimate of drug-likeness (QED) is 0.496. The zero-order valence-electron chi connectivity index (χ0n) is 17.4. The number of nitro benzene ring substituents is 1. The minimum atomic E-state index is -0.588. The molecule has 9 nitrogen and oxygen atoms in total. The number of nitro groups is 1. The van der Waals surface area contributed by atoms with Gasteiger partial charge in [-0.2, -0.15) is 0 Å². The Kier molecular flexibility index (Phi) is 7.74. The van der Waals surface area contributed by atoms with Crippen molar-refractivity contribution < 1.29 is 24.0 Å². The fourth-order valence-electron chi connectivity index (χ4n) is 2.70. The second kappa shape index (κ2) is 10.2. The molecule has 0 radical (unpaired) electrons. The van der Waals surface area contributed by atoms with Crippen molar-refractivity contribution in [2.45, 2.75) is 26.8 Å². The molecule has 0 atom stereocenters. The molecule has 9 heteroatoms. The first-order valence-electron chi connectivity index (χ1n) is 9.44. The first-order valence-corrected chi connectivity index (χ1v) is 9.44. The SMILES string of the molecule is CCN(CC(=O)NC(C)C)C(=O)c1cc([N+](=O)[O-])ccc1Oc1ccc(OC)cc1. The summed E-state index contributed by atoms with van der Waals surface area (Å²) in [5, 5.41) is 13.9. The van der Waals surface area contributed by atoms with Crippen molar-refractivity contribution in [3.8, 4) is 17.2 Å². The molecule has 0 aliphatic rings. The number of nitrogens with zero attached hydrogens (tertiary/aromatic N) is 2. The molecule has 160 valence electrons. The number of benzene rings is 2. The lowest BCUT2D eigenvalue weighted by atomic mass is 10.1. The molecule has 30 heavy (non-hydrogen) atoms. The maximum Gasteiger partial charge on any atom is 0.270 e. The van der Waals surface area contributed by atoms with Crippen molar-refractivity contribution in [1.29, 1.82) is 0 Å². The second-order valence-corrected chi connectivity index (χ2v) is 6.76. The van der Waals surface area contributed by atoms with Crippen molar-refractivity contribution >= 4 is 17.5 Å². The maximum atomic E-state index is 13.1. The van der Waals surface area contributed by atoms with E-state index in [1.807, 2.05) is 13.8 Å². The lowest BCUT2D eigenvalue weighted by Gasteiger charge is -2.22. The van der Waals surface area contributed by atoms with E-state index >= 15 is 0 Å². The Balaban J connectivity index is 2.36. The summed E-state index contributed by atoms with van der Waals surface area (Å²) in [7, 11) is 1.54. The van der Waals surface area contributed by atoms with Crippen LogP contribution in [0.2, 0.25) is 0 Å². The van der Waals surface area contributed by atoms with E-state index in [1.54, 1.807) is 31.2 Å². The lowest BCUT2D eigenvalue weighted by molar-refractivity contribution is -0.384. The molecule has 0 bridgehead atoms. The molecule has 2 amide bonds. The van der Waals surface area contributed by atoms with Gasteiger partial charge in [0.2, 0.25) is 5.91 Å². The van der Waals surface area contributed by atoms with Crippen molar-refractivity contribution in [2.24, 2.45) is 0 Å². The predicted octanol–water partition coefficient (Wildman–Crippen LogP) is 3.38. The molecule has 0 saturated carbocycles. The van der Waals surface area contributed by atoms with Gasteiger partial charge in [-0.15, -0.1) is 0 Å². The fourth-order valence-corrected chi connectivity index (χ4v) is 2.70. The number of amides is 2. The maximum absolute atomic E-state index is 13.1. The van der Waals surface area contributed by atoms with Crippen molar-refractivity contribution in [1.82, 2.24) is 10.2 Å². The van der Waals surface area contributed by atoms with Gasteiger partial charge in [0, 0.05) is 24.7 Å². The van der Waals surface area contributed by atoms with Crippen molar-refractivity contribution in [3.05, 3.63) is 58.1 Å². The van der Waals surface area contributed by atoms with Gasteiger partial charge in [-0.05, 0) is 51.1 Å². The fraction of sp³-hybridized carbons (Fsp3) is 0.333. The third-order valence-electron chi connectivity index (χ3n) is 4.14. The van der Waals surface area contributed by atoms with Crippen LogP contribution in [0.5, 0.6) is 17.2 Å². The van der Waals surface area contributed by atoms with Gasteiger partial charge in [0.1, 0.15) is 17.2 Å². The Morgan fingerprint density at radius 2 is 1.77 bits per heavy atom. The topological polar surface area (TPSA) is 111 Å². The monoisotopic (exact) mass is 415 g/mol. The number of hydrogen-bond acceptors (Lipinski definition) is 6. The van der Waals surface area contributed by atoms with Crippen LogP contribution in [0.15, 0.2) is 42.5 Å². The molecule has 0 unspecified atom stereocenters. The zero-order valence-corrected chi connectivity index (χ0v) is 17.4. The molecule has 0 saturated heterocycles. The molecule has 0 aliphatic heterocycles. The normalized spacial score (nSPS) is 10.4. The Bertz CT molecular complexity index is 911. The summed E-state index contributed by atoms with van der Waals surface area (Å²) < 4.78 is 10.9. The number of rotatable bonds is 9. The molecular weight excluding hydrogens is 390 g/mol. The number of non-ortho nitro benzene ring substituents is 1. The van der Waals surface area contributed by atoms with Crippen LogP contribution in [-0.2, 0) is 4.79 Å². The van der Waals surface area contributed by atoms with Crippen molar-refractivity contribution in [2.75, 3.05) is 20.2 Å². The third-order valence-corrected chi connectivity index (χ3v) is 4.14. The summed E-state index contributed by atoms with van der Waals surface area (Å²) in [6.45, 7) is 5.43. The summed E-state index contributed by atoms with van der Waals surface area (Å²) in [6, 6.07) is 10.4. The minimum absolute atomic E-state index is 0.000727. The Labute approximate surface area is 174 Å². The third kappa shape index (κ3) is 5.94. The highest BCUT2D eigenvalue weighted by Crippen LogP contribution is 2.30. The van der Waals surface area contributed by atoms with E-state index in [0.29, 0.717) is 11.5 Å². The highest BCUT2D eigenvalue weighted by Gasteiger charge is 2.24. The van der Waals surface area contributed by atoms with Crippen LogP contribution in [0, 0.1) is 10.1 Å².